The molecule has 0 saturated carbocycles. The largest absolute Gasteiger partial charge is 0.462 e. The van der Waals surface area contributed by atoms with Crippen LogP contribution < -0.4 is 0 Å². The van der Waals surface area contributed by atoms with Crippen LogP contribution in [0.4, 0.5) is 0 Å². The van der Waals surface area contributed by atoms with E-state index in [1.54, 1.807) is 0 Å². The molecule has 0 amide bonds. The molecule has 0 aliphatic rings. The van der Waals surface area contributed by atoms with Gasteiger partial charge in [-0.15, -0.1) is 0 Å². The molecule has 63 heavy (non-hydrogen) atoms. The van der Waals surface area contributed by atoms with E-state index >= 15 is 0 Å². The number of carbonyl (C=O) groups excluding carboxylic acids is 3. The van der Waals surface area contributed by atoms with E-state index in [-0.39, 0.29) is 38.0 Å². The van der Waals surface area contributed by atoms with Crippen LogP contribution in [-0.4, -0.2) is 37.2 Å². The summed E-state index contributed by atoms with van der Waals surface area (Å²) >= 11 is 0. The van der Waals surface area contributed by atoms with E-state index in [0.29, 0.717) is 19.3 Å². The summed E-state index contributed by atoms with van der Waals surface area (Å²) in [4.78, 5) is 37.9. The second-order valence-electron chi connectivity index (χ2n) is 16.0. The minimum absolute atomic E-state index is 0.128. The molecule has 0 spiro atoms. The molecule has 0 unspecified atom stereocenters. The summed E-state index contributed by atoms with van der Waals surface area (Å²) in [6.45, 7) is 6.32. The fourth-order valence-corrected chi connectivity index (χ4v) is 6.16. The van der Waals surface area contributed by atoms with Gasteiger partial charge in [0.15, 0.2) is 6.10 Å². The zero-order chi connectivity index (χ0) is 45.8. The van der Waals surface area contributed by atoms with Crippen LogP contribution in [0.5, 0.6) is 0 Å². The van der Waals surface area contributed by atoms with Crippen LogP contribution >= 0.6 is 0 Å². The molecule has 0 radical (unpaired) electrons. The van der Waals surface area contributed by atoms with Crippen LogP contribution in [0, 0.1) is 0 Å². The van der Waals surface area contributed by atoms with E-state index in [9.17, 15) is 14.4 Å². The molecular formula is C57H90O6. The Balaban J connectivity index is 4.59. The summed E-state index contributed by atoms with van der Waals surface area (Å²) in [5, 5.41) is 0. The highest BCUT2D eigenvalue weighted by molar-refractivity contribution is 5.71. The summed E-state index contributed by atoms with van der Waals surface area (Å²) in [5.41, 5.74) is 0. The van der Waals surface area contributed by atoms with E-state index in [0.717, 1.165) is 96.3 Å². The quantitative estimate of drug-likeness (QED) is 0.0263. The van der Waals surface area contributed by atoms with Crippen molar-refractivity contribution in [2.75, 3.05) is 13.2 Å². The second kappa shape index (κ2) is 50.5. The summed E-state index contributed by atoms with van der Waals surface area (Å²) in [7, 11) is 0. The summed E-state index contributed by atoms with van der Waals surface area (Å²) in [5.74, 6) is -1.07. The van der Waals surface area contributed by atoms with E-state index in [1.165, 1.54) is 51.4 Å². The lowest BCUT2D eigenvalue weighted by molar-refractivity contribution is -0.166. The van der Waals surface area contributed by atoms with E-state index in [2.05, 4.69) is 130 Å². The SMILES string of the molecule is CC/C=C\C/C=C\C/C=C\C/C=C\C/C=C\C/C=C\CCC(=O)O[C@H](COC(=O)CCCC/C=C\C/C=C\C/C=C\CCCCC)COC(=O)CCCCCCC/C=C\CCCC. The molecule has 0 aromatic carbocycles. The van der Waals surface area contributed by atoms with Crippen molar-refractivity contribution >= 4 is 17.9 Å². The van der Waals surface area contributed by atoms with Gasteiger partial charge in [-0.05, 0) is 116 Å². The van der Waals surface area contributed by atoms with Gasteiger partial charge in [0.05, 0.1) is 0 Å². The predicted molar refractivity (Wildman–Crippen MR) is 269 cm³/mol. The zero-order valence-corrected chi connectivity index (χ0v) is 40.3. The fraction of sp³-hybridized carbons (Fsp3) is 0.596. The van der Waals surface area contributed by atoms with Gasteiger partial charge in [0.2, 0.25) is 0 Å². The third-order valence-corrected chi connectivity index (χ3v) is 9.93. The maximum absolute atomic E-state index is 12.8. The average Bonchev–Trinajstić information content (AvgIpc) is 3.28. The summed E-state index contributed by atoms with van der Waals surface area (Å²) in [6, 6.07) is 0. The standard InChI is InChI=1S/C57H90O6/c1-4-7-10-13-16-19-22-24-26-27-28-29-31-33-36-39-42-45-48-51-57(60)63-54(52-61-55(58)49-46-43-40-37-34-21-18-15-12-9-6-3)53-62-56(59)50-47-44-41-38-35-32-30-25-23-20-17-14-11-8-5-2/h7,10,15-20,24-26,28-30,33,35-36,38,42,45,54H,4-6,8-9,11-14,21-23,27,31-32,34,37,39-41,43-44,46-53H2,1-3H3/b10-7-,18-15-,19-16-,20-17-,26-24-,29-28-,30-25-,36-33-,38-35-,45-42-/t54-/m0/s1. The molecule has 0 saturated heterocycles. The lowest BCUT2D eigenvalue weighted by Gasteiger charge is -2.18. The van der Waals surface area contributed by atoms with Crippen LogP contribution in [0.15, 0.2) is 122 Å². The van der Waals surface area contributed by atoms with Crippen LogP contribution in [0.1, 0.15) is 201 Å². The first kappa shape index (κ1) is 58.8. The Bertz CT molecular complexity index is 1370. The second-order valence-corrected chi connectivity index (χ2v) is 16.0. The van der Waals surface area contributed by atoms with Crippen LogP contribution in [-0.2, 0) is 28.6 Å². The molecule has 0 bridgehead atoms. The highest BCUT2D eigenvalue weighted by atomic mass is 16.6. The molecule has 0 rings (SSSR count). The zero-order valence-electron chi connectivity index (χ0n) is 40.3. The number of ether oxygens (including phenoxy) is 3. The number of esters is 3. The molecule has 0 aromatic heterocycles. The van der Waals surface area contributed by atoms with Crippen LogP contribution in [0.2, 0.25) is 0 Å². The predicted octanol–water partition coefficient (Wildman–Crippen LogP) is 16.5. The third kappa shape index (κ3) is 48.7. The van der Waals surface area contributed by atoms with Crippen molar-refractivity contribution in [1.29, 1.82) is 0 Å². The van der Waals surface area contributed by atoms with E-state index < -0.39 is 12.1 Å². The Kier molecular flexibility index (Phi) is 47.1. The van der Waals surface area contributed by atoms with Gasteiger partial charge in [-0.2, -0.15) is 0 Å². The molecule has 354 valence electrons. The lowest BCUT2D eigenvalue weighted by Crippen LogP contribution is -2.30. The van der Waals surface area contributed by atoms with E-state index in [1.807, 2.05) is 12.2 Å². The van der Waals surface area contributed by atoms with Gasteiger partial charge in [0, 0.05) is 19.3 Å². The van der Waals surface area contributed by atoms with Crippen LogP contribution in [0.25, 0.3) is 0 Å². The highest BCUT2D eigenvalue weighted by Crippen LogP contribution is 2.11. The maximum atomic E-state index is 12.8. The maximum Gasteiger partial charge on any atom is 0.306 e. The summed E-state index contributed by atoms with van der Waals surface area (Å²) < 4.78 is 16.6. The van der Waals surface area contributed by atoms with E-state index in [4.69, 9.17) is 14.2 Å². The normalized spacial score (nSPS) is 13.1. The van der Waals surface area contributed by atoms with Crippen molar-refractivity contribution in [2.45, 2.75) is 207 Å². The Labute approximate surface area is 386 Å². The van der Waals surface area contributed by atoms with Crippen molar-refractivity contribution < 1.29 is 28.6 Å². The highest BCUT2D eigenvalue weighted by Gasteiger charge is 2.19. The first-order valence-corrected chi connectivity index (χ1v) is 25.0. The fourth-order valence-electron chi connectivity index (χ4n) is 6.16. The van der Waals surface area contributed by atoms with Gasteiger partial charge < -0.3 is 14.2 Å². The molecule has 0 aliphatic heterocycles. The number of allylic oxidation sites excluding steroid dienone is 20. The summed E-state index contributed by atoms with van der Waals surface area (Å²) in [6.07, 6.45) is 69.1. The topological polar surface area (TPSA) is 78.9 Å². The number of carbonyl (C=O) groups is 3. The van der Waals surface area contributed by atoms with Gasteiger partial charge in [-0.25, -0.2) is 0 Å². The third-order valence-electron chi connectivity index (χ3n) is 9.93. The van der Waals surface area contributed by atoms with Gasteiger partial charge in [0.1, 0.15) is 13.2 Å². The minimum Gasteiger partial charge on any atom is -0.462 e. The van der Waals surface area contributed by atoms with Crippen molar-refractivity contribution in [2.24, 2.45) is 0 Å². The minimum atomic E-state index is -0.839. The Morgan fingerprint density at radius 2 is 0.667 bits per heavy atom. The van der Waals surface area contributed by atoms with Gasteiger partial charge in [-0.1, -0.05) is 187 Å². The molecule has 0 aromatic rings. The Morgan fingerprint density at radius 1 is 0.333 bits per heavy atom. The lowest BCUT2D eigenvalue weighted by atomic mass is 10.1. The van der Waals surface area contributed by atoms with Crippen molar-refractivity contribution in [3.63, 3.8) is 0 Å². The smallest absolute Gasteiger partial charge is 0.306 e. The van der Waals surface area contributed by atoms with Gasteiger partial charge in [0.25, 0.3) is 0 Å². The monoisotopic (exact) mass is 871 g/mol. The number of hydrogen-bond acceptors (Lipinski definition) is 6. The molecular weight excluding hydrogens is 781 g/mol. The average molecular weight is 871 g/mol. The molecule has 6 heteroatoms. The van der Waals surface area contributed by atoms with Crippen molar-refractivity contribution in [1.82, 2.24) is 0 Å². The first-order chi connectivity index (χ1) is 31.0. The molecule has 0 N–H and O–H groups in total. The molecule has 1 atom stereocenters. The van der Waals surface area contributed by atoms with Gasteiger partial charge >= 0.3 is 17.9 Å². The Morgan fingerprint density at radius 3 is 1.13 bits per heavy atom. The van der Waals surface area contributed by atoms with Crippen molar-refractivity contribution in [3.8, 4) is 0 Å². The molecule has 0 heterocycles. The van der Waals surface area contributed by atoms with Gasteiger partial charge in [-0.3, -0.25) is 14.4 Å². The number of unbranched alkanes of at least 4 members (excludes halogenated alkanes) is 12. The van der Waals surface area contributed by atoms with Crippen molar-refractivity contribution in [3.05, 3.63) is 122 Å². The number of rotatable bonds is 43. The first-order valence-electron chi connectivity index (χ1n) is 25.0. The number of hydrogen-bond donors (Lipinski definition) is 0. The molecule has 6 nitrogen and oxygen atoms in total. The van der Waals surface area contributed by atoms with Crippen LogP contribution in [0.3, 0.4) is 0 Å². The Hall–Kier alpha value is -4.19. The molecule has 0 fully saturated rings. The molecule has 0 aliphatic carbocycles.